The summed E-state index contributed by atoms with van der Waals surface area (Å²) in [4.78, 5) is 13.4. The minimum atomic E-state index is -0.288. The maximum absolute atomic E-state index is 11.3. The lowest BCUT2D eigenvalue weighted by molar-refractivity contribution is -0.386. The van der Waals surface area contributed by atoms with Crippen molar-refractivity contribution in [2.45, 2.75) is 18.9 Å². The van der Waals surface area contributed by atoms with E-state index in [1.54, 1.807) is 12.1 Å². The highest BCUT2D eigenvalue weighted by molar-refractivity contribution is 6.30. The molecule has 1 aliphatic carbocycles. The van der Waals surface area contributed by atoms with E-state index in [-0.39, 0.29) is 41.5 Å². The standard InChI is InChI=1S/C14H18ClN3O2.2ClH/c15-11-3-4-13(18(19)20)12(9-11)14(10-1-2-10)17-7-5-16-6-8-17;;/h3-4,9-10,14,16H,1-2,5-8H2;2*1H/t14-;;/m0../s1. The van der Waals surface area contributed by atoms with Gasteiger partial charge in [-0.2, -0.15) is 0 Å². The Morgan fingerprint density at radius 3 is 2.45 bits per heavy atom. The van der Waals surface area contributed by atoms with Crippen molar-refractivity contribution in [3.63, 3.8) is 0 Å². The van der Waals surface area contributed by atoms with Crippen molar-refractivity contribution in [1.29, 1.82) is 0 Å². The molecule has 0 unspecified atom stereocenters. The largest absolute Gasteiger partial charge is 0.314 e. The van der Waals surface area contributed by atoms with Crippen molar-refractivity contribution < 1.29 is 4.92 Å². The Kier molecular flexibility index (Phi) is 7.35. The van der Waals surface area contributed by atoms with E-state index in [2.05, 4.69) is 10.2 Å². The van der Waals surface area contributed by atoms with Gasteiger partial charge in [0, 0.05) is 48.9 Å². The number of nitrogens with zero attached hydrogens (tertiary/aromatic N) is 2. The lowest BCUT2D eigenvalue weighted by Crippen LogP contribution is -2.45. The number of rotatable bonds is 4. The quantitative estimate of drug-likeness (QED) is 0.653. The van der Waals surface area contributed by atoms with Crippen LogP contribution in [0.4, 0.5) is 5.69 Å². The van der Waals surface area contributed by atoms with E-state index in [9.17, 15) is 10.1 Å². The van der Waals surface area contributed by atoms with Crippen molar-refractivity contribution in [3.8, 4) is 0 Å². The van der Waals surface area contributed by atoms with Crippen LogP contribution in [0.2, 0.25) is 5.02 Å². The second-order valence-electron chi connectivity index (χ2n) is 5.53. The molecule has 8 heteroatoms. The van der Waals surface area contributed by atoms with Crippen molar-refractivity contribution in [1.82, 2.24) is 10.2 Å². The van der Waals surface area contributed by atoms with Gasteiger partial charge in [0.25, 0.3) is 5.69 Å². The molecule has 1 aromatic rings. The van der Waals surface area contributed by atoms with Crippen LogP contribution in [0.1, 0.15) is 24.4 Å². The van der Waals surface area contributed by atoms with Crippen LogP contribution in [0.3, 0.4) is 0 Å². The van der Waals surface area contributed by atoms with Gasteiger partial charge in [-0.25, -0.2) is 0 Å². The first-order valence-corrected chi connectivity index (χ1v) is 7.43. The fourth-order valence-electron chi connectivity index (χ4n) is 3.05. The first kappa shape index (κ1) is 19.5. The molecule has 3 rings (SSSR count). The van der Waals surface area contributed by atoms with Gasteiger partial charge in [0.05, 0.1) is 4.92 Å². The predicted molar refractivity (Wildman–Crippen MR) is 92.5 cm³/mol. The lowest BCUT2D eigenvalue weighted by Gasteiger charge is -2.35. The first-order valence-electron chi connectivity index (χ1n) is 7.05. The SMILES string of the molecule is Cl.Cl.O=[N+]([O-])c1ccc(Cl)cc1[C@H](C1CC1)N1CCNCC1. The number of nitrogens with one attached hydrogen (secondary N) is 1. The Morgan fingerprint density at radius 2 is 1.91 bits per heavy atom. The molecule has 22 heavy (non-hydrogen) atoms. The average molecular weight is 369 g/mol. The van der Waals surface area contributed by atoms with Crippen LogP contribution in [-0.4, -0.2) is 36.0 Å². The zero-order chi connectivity index (χ0) is 14.1. The van der Waals surface area contributed by atoms with E-state index in [0.29, 0.717) is 10.9 Å². The average Bonchev–Trinajstić information content (AvgIpc) is 3.25. The van der Waals surface area contributed by atoms with E-state index in [0.717, 1.165) is 44.6 Å². The normalized spacial score (nSPS) is 19.7. The van der Waals surface area contributed by atoms with Gasteiger partial charge >= 0.3 is 0 Å². The summed E-state index contributed by atoms with van der Waals surface area (Å²) in [6, 6.07) is 5.06. The molecule has 0 radical (unpaired) electrons. The number of nitro benzene ring substituents is 1. The smallest absolute Gasteiger partial charge is 0.274 e. The molecular weight excluding hydrogens is 349 g/mol. The molecule has 0 bridgehead atoms. The zero-order valence-corrected chi connectivity index (χ0v) is 14.4. The zero-order valence-electron chi connectivity index (χ0n) is 12.0. The monoisotopic (exact) mass is 367 g/mol. The number of nitro groups is 1. The van der Waals surface area contributed by atoms with E-state index in [4.69, 9.17) is 11.6 Å². The number of halogens is 3. The van der Waals surface area contributed by atoms with Gasteiger partial charge in [0.15, 0.2) is 0 Å². The Morgan fingerprint density at radius 1 is 1.27 bits per heavy atom. The van der Waals surface area contributed by atoms with Gasteiger partial charge in [-0.1, -0.05) is 11.6 Å². The second-order valence-corrected chi connectivity index (χ2v) is 5.96. The Bertz CT molecular complexity index is 520. The number of hydrogen-bond donors (Lipinski definition) is 1. The van der Waals surface area contributed by atoms with Crippen molar-refractivity contribution >= 4 is 42.1 Å². The van der Waals surface area contributed by atoms with Gasteiger partial charge in [0.1, 0.15) is 0 Å². The van der Waals surface area contributed by atoms with Gasteiger partial charge in [-0.3, -0.25) is 15.0 Å². The molecule has 5 nitrogen and oxygen atoms in total. The third kappa shape index (κ3) is 4.24. The van der Waals surface area contributed by atoms with Gasteiger partial charge in [0.2, 0.25) is 0 Å². The highest BCUT2D eigenvalue weighted by Crippen LogP contribution is 2.47. The van der Waals surface area contributed by atoms with E-state index >= 15 is 0 Å². The lowest BCUT2D eigenvalue weighted by atomic mass is 9.98. The molecule has 1 saturated heterocycles. The molecule has 0 aromatic heterocycles. The molecule has 1 aliphatic heterocycles. The summed E-state index contributed by atoms with van der Waals surface area (Å²) in [5, 5.41) is 15.2. The first-order chi connectivity index (χ1) is 9.66. The minimum absolute atomic E-state index is 0. The summed E-state index contributed by atoms with van der Waals surface area (Å²) in [6.45, 7) is 3.75. The third-order valence-corrected chi connectivity index (χ3v) is 4.35. The summed E-state index contributed by atoms with van der Waals surface area (Å²) in [6.07, 6.45) is 2.30. The maximum atomic E-state index is 11.3. The van der Waals surface area contributed by atoms with Crippen LogP contribution < -0.4 is 5.32 Å². The van der Waals surface area contributed by atoms with Crippen LogP contribution in [0.15, 0.2) is 18.2 Å². The summed E-state index contributed by atoms with van der Waals surface area (Å²) in [5.74, 6) is 0.533. The van der Waals surface area contributed by atoms with Crippen LogP contribution in [0, 0.1) is 16.0 Å². The molecule has 1 atom stereocenters. The minimum Gasteiger partial charge on any atom is -0.314 e. The van der Waals surface area contributed by atoms with E-state index in [1.165, 1.54) is 6.07 Å². The Balaban J connectivity index is 0.00000121. The van der Waals surface area contributed by atoms with Gasteiger partial charge in [-0.05, 0) is 30.9 Å². The number of piperazine rings is 1. The van der Waals surface area contributed by atoms with E-state index in [1.807, 2.05) is 0 Å². The molecule has 1 saturated carbocycles. The molecule has 124 valence electrons. The van der Waals surface area contributed by atoms with Crippen LogP contribution in [-0.2, 0) is 0 Å². The third-order valence-electron chi connectivity index (χ3n) is 4.12. The molecule has 2 aliphatic rings. The van der Waals surface area contributed by atoms with Crippen LogP contribution in [0.25, 0.3) is 0 Å². The summed E-state index contributed by atoms with van der Waals surface area (Å²) >= 11 is 6.08. The molecular formula is C14H20Cl3N3O2. The molecule has 0 amide bonds. The van der Waals surface area contributed by atoms with Crippen LogP contribution >= 0.6 is 36.4 Å². The molecule has 0 spiro atoms. The Hall–Kier alpha value is -0.590. The Labute approximate surface area is 147 Å². The number of hydrogen-bond acceptors (Lipinski definition) is 4. The van der Waals surface area contributed by atoms with E-state index < -0.39 is 0 Å². The molecule has 1 heterocycles. The molecule has 2 fully saturated rings. The maximum Gasteiger partial charge on any atom is 0.274 e. The summed E-state index contributed by atoms with van der Waals surface area (Å²) in [7, 11) is 0. The second kappa shape index (κ2) is 8.31. The fraction of sp³-hybridized carbons (Fsp3) is 0.571. The highest BCUT2D eigenvalue weighted by Gasteiger charge is 2.39. The number of benzene rings is 1. The van der Waals surface area contributed by atoms with Crippen molar-refractivity contribution in [2.24, 2.45) is 5.92 Å². The van der Waals surface area contributed by atoms with Gasteiger partial charge < -0.3 is 5.32 Å². The highest BCUT2D eigenvalue weighted by atomic mass is 35.5. The summed E-state index contributed by atoms with van der Waals surface area (Å²) in [5.41, 5.74) is 0.983. The van der Waals surface area contributed by atoms with Crippen LogP contribution in [0.5, 0.6) is 0 Å². The van der Waals surface area contributed by atoms with Crippen molar-refractivity contribution in [2.75, 3.05) is 26.2 Å². The summed E-state index contributed by atoms with van der Waals surface area (Å²) < 4.78 is 0. The molecule has 1 aromatic carbocycles. The fourth-order valence-corrected chi connectivity index (χ4v) is 3.23. The van der Waals surface area contributed by atoms with Crippen molar-refractivity contribution in [3.05, 3.63) is 38.9 Å². The van der Waals surface area contributed by atoms with Gasteiger partial charge in [-0.15, -0.1) is 24.8 Å². The molecule has 1 N–H and O–H groups in total. The topological polar surface area (TPSA) is 58.4 Å². The predicted octanol–water partition coefficient (Wildman–Crippen LogP) is 3.45.